The number of hydrogen-bond acceptors (Lipinski definition) is 2. The zero-order valence-corrected chi connectivity index (χ0v) is 14.4. The smallest absolute Gasteiger partial charge is 0.315 e. The highest BCUT2D eigenvalue weighted by atomic mass is 19.4. The van der Waals surface area contributed by atoms with Gasteiger partial charge in [-0.3, -0.25) is 4.79 Å². The second-order valence-electron chi connectivity index (χ2n) is 6.17. The number of amides is 1. The minimum absolute atomic E-state index is 0.00280. The quantitative estimate of drug-likeness (QED) is 0.532. The fourth-order valence-electron chi connectivity index (χ4n) is 2.91. The van der Waals surface area contributed by atoms with E-state index in [9.17, 15) is 18.0 Å². The summed E-state index contributed by atoms with van der Waals surface area (Å²) >= 11 is 0. The van der Waals surface area contributed by atoms with Crippen LogP contribution in [0.5, 0.6) is 0 Å². The van der Waals surface area contributed by atoms with Gasteiger partial charge in [-0.25, -0.2) is 4.98 Å². The van der Waals surface area contributed by atoms with Crippen LogP contribution in [-0.4, -0.2) is 21.5 Å². The van der Waals surface area contributed by atoms with Crippen LogP contribution in [0.2, 0.25) is 0 Å². The Bertz CT molecular complexity index is 1130. The highest BCUT2D eigenvalue weighted by Crippen LogP contribution is 2.27. The van der Waals surface area contributed by atoms with Crippen molar-refractivity contribution in [1.29, 1.82) is 0 Å². The first kappa shape index (κ1) is 17.8. The summed E-state index contributed by atoms with van der Waals surface area (Å²) in [4.78, 5) is 15.7. The molecule has 0 fully saturated rings. The number of fused-ring (bicyclic) bond motifs is 1. The average molecular weight is 381 g/mol. The number of carbonyl (C=O) groups is 1. The molecule has 4 rings (SSSR count). The number of aromatic nitrogens is 2. The summed E-state index contributed by atoms with van der Waals surface area (Å²) in [5, 5.41) is 1.87. The van der Waals surface area contributed by atoms with Crippen molar-refractivity contribution in [3.63, 3.8) is 0 Å². The Balaban J connectivity index is 1.67. The highest BCUT2D eigenvalue weighted by molar-refractivity contribution is 5.98. The number of benzene rings is 2. The van der Waals surface area contributed by atoms with Crippen LogP contribution in [0.3, 0.4) is 0 Å². The Hall–Kier alpha value is -3.61. The summed E-state index contributed by atoms with van der Waals surface area (Å²) in [6.07, 6.45) is -1.60. The van der Waals surface area contributed by atoms with E-state index in [1.807, 2.05) is 59.9 Å². The van der Waals surface area contributed by atoms with Crippen molar-refractivity contribution in [3.8, 4) is 22.4 Å². The summed E-state index contributed by atoms with van der Waals surface area (Å²) in [7, 11) is 0. The Morgan fingerprint density at radius 1 is 0.857 bits per heavy atom. The Kier molecular flexibility index (Phi) is 4.35. The van der Waals surface area contributed by atoms with E-state index in [1.54, 1.807) is 22.9 Å². The van der Waals surface area contributed by atoms with Crippen molar-refractivity contribution < 1.29 is 18.0 Å². The van der Waals surface area contributed by atoms with Gasteiger partial charge in [-0.15, -0.1) is 0 Å². The van der Waals surface area contributed by atoms with E-state index in [0.29, 0.717) is 5.69 Å². The van der Waals surface area contributed by atoms with Gasteiger partial charge < -0.3 is 9.72 Å². The molecule has 2 heterocycles. The van der Waals surface area contributed by atoms with Crippen LogP contribution >= 0.6 is 0 Å². The van der Waals surface area contributed by atoms with E-state index in [1.165, 1.54) is 6.07 Å². The van der Waals surface area contributed by atoms with Gasteiger partial charge in [0, 0.05) is 18.0 Å². The summed E-state index contributed by atoms with van der Waals surface area (Å²) < 4.78 is 39.2. The molecule has 0 aliphatic carbocycles. The standard InChI is InChI=1S/C21H14F3N3O/c22-21(23,24)20(28)26-17-7-4-12-27-13-18(25-19(17)27)16-10-8-15(9-11-16)14-5-2-1-3-6-14/h1-13H,(H,26,28). The highest BCUT2D eigenvalue weighted by Gasteiger charge is 2.39. The third kappa shape index (κ3) is 3.46. The normalized spacial score (nSPS) is 11.5. The molecule has 0 saturated carbocycles. The predicted molar refractivity (Wildman–Crippen MR) is 101 cm³/mol. The first-order valence-electron chi connectivity index (χ1n) is 8.43. The molecule has 1 amide bonds. The minimum atomic E-state index is -4.96. The molecule has 0 bridgehead atoms. The Morgan fingerprint density at radius 3 is 2.18 bits per heavy atom. The molecule has 4 nitrogen and oxygen atoms in total. The first-order valence-corrected chi connectivity index (χ1v) is 8.43. The van der Waals surface area contributed by atoms with E-state index in [2.05, 4.69) is 4.98 Å². The van der Waals surface area contributed by atoms with E-state index >= 15 is 0 Å². The summed E-state index contributed by atoms with van der Waals surface area (Å²) in [5.74, 6) is -2.03. The second-order valence-corrected chi connectivity index (χ2v) is 6.17. The van der Waals surface area contributed by atoms with Gasteiger partial charge in [0.2, 0.25) is 0 Å². The van der Waals surface area contributed by atoms with Crippen LogP contribution < -0.4 is 5.32 Å². The molecule has 4 aromatic rings. The number of rotatable bonds is 3. The van der Waals surface area contributed by atoms with Crippen LogP contribution in [0.15, 0.2) is 79.1 Å². The molecule has 0 unspecified atom stereocenters. The van der Waals surface area contributed by atoms with E-state index < -0.39 is 12.1 Å². The Labute approximate surface area is 158 Å². The second kappa shape index (κ2) is 6.84. The molecule has 140 valence electrons. The number of anilines is 1. The lowest BCUT2D eigenvalue weighted by Crippen LogP contribution is -2.30. The average Bonchev–Trinajstić information content (AvgIpc) is 3.13. The van der Waals surface area contributed by atoms with E-state index in [4.69, 9.17) is 0 Å². The molecule has 0 spiro atoms. The number of hydrogen-bond donors (Lipinski definition) is 1. The predicted octanol–water partition coefficient (Wildman–Crippen LogP) is 5.17. The fourth-order valence-corrected chi connectivity index (χ4v) is 2.91. The largest absolute Gasteiger partial charge is 0.471 e. The van der Waals surface area contributed by atoms with Crippen molar-refractivity contribution in [2.24, 2.45) is 0 Å². The summed E-state index contributed by atoms with van der Waals surface area (Å²) in [6, 6.07) is 20.5. The zero-order valence-electron chi connectivity index (χ0n) is 14.4. The number of alkyl halides is 3. The summed E-state index contributed by atoms with van der Waals surface area (Å²) in [6.45, 7) is 0. The monoisotopic (exact) mass is 381 g/mol. The number of halogens is 3. The number of imidazole rings is 1. The van der Waals surface area contributed by atoms with E-state index in [-0.39, 0.29) is 11.3 Å². The molecule has 1 N–H and O–H groups in total. The molecule has 7 heteroatoms. The number of carbonyl (C=O) groups excluding carboxylic acids is 1. The fraction of sp³-hybridized carbons (Fsp3) is 0.0476. The van der Waals surface area contributed by atoms with Gasteiger partial charge in [0.1, 0.15) is 0 Å². The molecular weight excluding hydrogens is 367 g/mol. The third-order valence-electron chi connectivity index (χ3n) is 4.28. The molecule has 0 aliphatic rings. The number of nitrogens with zero attached hydrogens (tertiary/aromatic N) is 2. The molecule has 0 saturated heterocycles. The van der Waals surface area contributed by atoms with E-state index in [0.717, 1.165) is 16.7 Å². The van der Waals surface area contributed by atoms with Gasteiger partial charge in [0.25, 0.3) is 0 Å². The van der Waals surface area contributed by atoms with Crippen molar-refractivity contribution in [2.45, 2.75) is 6.18 Å². The lowest BCUT2D eigenvalue weighted by molar-refractivity contribution is -0.167. The van der Waals surface area contributed by atoms with Gasteiger partial charge in [-0.05, 0) is 23.3 Å². The maximum absolute atomic E-state index is 12.5. The lowest BCUT2D eigenvalue weighted by atomic mass is 10.0. The number of nitrogens with one attached hydrogen (secondary N) is 1. The molecule has 0 atom stereocenters. The van der Waals surface area contributed by atoms with Gasteiger partial charge in [0.15, 0.2) is 5.65 Å². The third-order valence-corrected chi connectivity index (χ3v) is 4.28. The lowest BCUT2D eigenvalue weighted by Gasteiger charge is -2.08. The SMILES string of the molecule is O=C(Nc1cccn2cc(-c3ccc(-c4ccccc4)cc3)nc12)C(F)(F)F. The van der Waals surface area contributed by atoms with Gasteiger partial charge in [-0.2, -0.15) is 13.2 Å². The van der Waals surface area contributed by atoms with Crippen LogP contribution in [-0.2, 0) is 4.79 Å². The molecule has 2 aromatic carbocycles. The molecule has 0 radical (unpaired) electrons. The van der Waals surface area contributed by atoms with Crippen molar-refractivity contribution in [1.82, 2.24) is 9.38 Å². The van der Waals surface area contributed by atoms with Crippen molar-refractivity contribution in [2.75, 3.05) is 5.32 Å². The number of pyridine rings is 1. The van der Waals surface area contributed by atoms with Crippen molar-refractivity contribution in [3.05, 3.63) is 79.1 Å². The van der Waals surface area contributed by atoms with Gasteiger partial charge >= 0.3 is 12.1 Å². The molecule has 0 aliphatic heterocycles. The molecule has 28 heavy (non-hydrogen) atoms. The summed E-state index contributed by atoms with van der Waals surface area (Å²) in [5.41, 5.74) is 3.77. The maximum atomic E-state index is 12.5. The minimum Gasteiger partial charge on any atom is -0.315 e. The maximum Gasteiger partial charge on any atom is 0.471 e. The van der Waals surface area contributed by atoms with Gasteiger partial charge in [0.05, 0.1) is 11.4 Å². The van der Waals surface area contributed by atoms with Crippen LogP contribution in [0, 0.1) is 0 Å². The topological polar surface area (TPSA) is 46.4 Å². The van der Waals surface area contributed by atoms with Crippen LogP contribution in [0.25, 0.3) is 28.0 Å². The first-order chi connectivity index (χ1) is 13.4. The Morgan fingerprint density at radius 2 is 1.50 bits per heavy atom. The molecule has 2 aromatic heterocycles. The van der Waals surface area contributed by atoms with Gasteiger partial charge in [-0.1, -0.05) is 54.6 Å². The van der Waals surface area contributed by atoms with Crippen LogP contribution in [0.1, 0.15) is 0 Å². The zero-order chi connectivity index (χ0) is 19.7. The van der Waals surface area contributed by atoms with Crippen molar-refractivity contribution >= 4 is 17.2 Å². The van der Waals surface area contributed by atoms with Crippen LogP contribution in [0.4, 0.5) is 18.9 Å². The molecular formula is C21H14F3N3O.